The largest absolute Gasteiger partial charge is 0.497 e. The standard InChI is InChI=1S/C66H65ClN2O17/c1-35-48(33-66(79)58(85-61(77)42-22-16-11-17-23-42)56-64(7,49(72)32-50-65(56,34-81-50)86-38(4)71)57(74)54(82-37(3)70)52(35)63(66,5)6)83-62(78)55(53(39-18-12-9-13-19-39)68-59(75)40-20-14-10-15-21-40)84-51(73)31-45-36(2)69(47-29-28-44(80-8)30-46(45)47)60(76)41-24-26-43(67)27-25-41/h9-30,48-50,53-56,58,72,79H,31-34H2,1-8H3,(H,68,75)/t48-,49-,50+,53-,54+,55+,56-,58-,64?,65-,66+/m0/s1. The van der Waals surface area contributed by atoms with Gasteiger partial charge in [-0.15, -0.1) is 0 Å². The van der Waals surface area contributed by atoms with Gasteiger partial charge in [-0.1, -0.05) is 92.2 Å². The number of hydrogen-bond donors (Lipinski definition) is 3. The number of rotatable bonds is 15. The molecule has 1 aromatic heterocycles. The lowest BCUT2D eigenvalue weighted by atomic mass is 9.44. The summed E-state index contributed by atoms with van der Waals surface area (Å²) >= 11 is 6.19. The average Bonchev–Trinajstić information content (AvgIpc) is 0.795. The topological polar surface area (TPSA) is 259 Å². The normalized spacial score (nSPS) is 26.2. The Balaban J connectivity index is 1.12. The van der Waals surface area contributed by atoms with Crippen LogP contribution in [0.15, 0.2) is 145 Å². The number of fused-ring (bicyclic) bond motifs is 6. The molecular weight excluding hydrogens is 1130 g/mol. The lowest BCUT2D eigenvalue weighted by Crippen LogP contribution is -2.82. The summed E-state index contributed by atoms with van der Waals surface area (Å²) in [6.07, 6.45) is -11.8. The summed E-state index contributed by atoms with van der Waals surface area (Å²) in [6, 6.07) is 33.8. The minimum absolute atomic E-state index is 0.0213. The van der Waals surface area contributed by atoms with Crippen molar-refractivity contribution in [3.05, 3.63) is 183 Å². The fraction of sp³-hybridized carbons (Fsp3) is 0.364. The zero-order valence-electron chi connectivity index (χ0n) is 48.5. The number of benzene rings is 5. The molecule has 6 aromatic rings. The van der Waals surface area contributed by atoms with Crippen LogP contribution in [0.1, 0.15) is 108 Å². The van der Waals surface area contributed by atoms with Crippen LogP contribution in [0.3, 0.4) is 0 Å². The Labute approximate surface area is 500 Å². The number of carbonyl (C=O) groups excluding carboxylic acids is 8. The van der Waals surface area contributed by atoms with E-state index in [0.29, 0.717) is 38.5 Å². The molecule has 2 heterocycles. The lowest BCUT2D eigenvalue weighted by Gasteiger charge is -2.67. The summed E-state index contributed by atoms with van der Waals surface area (Å²) in [5.41, 5.74) is -6.48. The molecular formula is C66H65ClN2O17. The van der Waals surface area contributed by atoms with Crippen molar-refractivity contribution in [2.75, 3.05) is 13.7 Å². The first-order valence-corrected chi connectivity index (χ1v) is 28.4. The summed E-state index contributed by atoms with van der Waals surface area (Å²) in [7, 11) is 1.46. The van der Waals surface area contributed by atoms with E-state index in [0.717, 1.165) is 13.8 Å². The van der Waals surface area contributed by atoms with Crippen LogP contribution in [-0.2, 0) is 58.8 Å². The number of nitrogens with zero attached hydrogens (tertiary/aromatic N) is 1. The molecule has 3 N–H and O–H groups in total. The predicted octanol–water partition coefficient (Wildman–Crippen LogP) is 8.14. The molecule has 0 spiro atoms. The van der Waals surface area contributed by atoms with Crippen molar-refractivity contribution >= 4 is 69.9 Å². The van der Waals surface area contributed by atoms with Gasteiger partial charge in [0.25, 0.3) is 11.8 Å². The third-order valence-electron chi connectivity index (χ3n) is 17.9. The molecule has 19 nitrogen and oxygen atoms in total. The highest BCUT2D eigenvalue weighted by atomic mass is 35.5. The van der Waals surface area contributed by atoms with Gasteiger partial charge < -0.3 is 48.7 Å². The van der Waals surface area contributed by atoms with Crippen molar-refractivity contribution in [3.8, 4) is 5.75 Å². The fourth-order valence-electron chi connectivity index (χ4n) is 13.4. The Hall–Kier alpha value is -8.49. The number of carbonyl (C=O) groups is 8. The van der Waals surface area contributed by atoms with E-state index in [-0.39, 0.29) is 40.9 Å². The Bertz CT molecular complexity index is 3720. The van der Waals surface area contributed by atoms with Gasteiger partial charge in [-0.25, -0.2) is 9.59 Å². The summed E-state index contributed by atoms with van der Waals surface area (Å²) in [4.78, 5) is 117. The number of methoxy groups -OCH3 is 1. The first kappa shape index (κ1) is 60.6. The van der Waals surface area contributed by atoms with Crippen LogP contribution in [0.4, 0.5) is 0 Å². The van der Waals surface area contributed by atoms with E-state index in [1.807, 2.05) is 0 Å². The molecule has 0 radical (unpaired) electrons. The molecule has 1 saturated heterocycles. The van der Waals surface area contributed by atoms with Gasteiger partial charge in [-0.05, 0) is 110 Å². The number of amides is 1. The smallest absolute Gasteiger partial charge is 0.350 e. The molecule has 2 saturated carbocycles. The molecule has 86 heavy (non-hydrogen) atoms. The molecule has 5 aromatic carbocycles. The second-order valence-electron chi connectivity index (χ2n) is 23.1. The van der Waals surface area contributed by atoms with Crippen molar-refractivity contribution in [2.24, 2.45) is 16.7 Å². The second-order valence-corrected chi connectivity index (χ2v) is 23.5. The number of ether oxygens (including phenoxy) is 7. The molecule has 448 valence electrons. The van der Waals surface area contributed by atoms with Crippen molar-refractivity contribution in [3.63, 3.8) is 0 Å². The van der Waals surface area contributed by atoms with Crippen molar-refractivity contribution < 1.29 is 81.7 Å². The summed E-state index contributed by atoms with van der Waals surface area (Å²) < 4.78 is 44.6. The number of aliphatic hydroxyl groups is 2. The van der Waals surface area contributed by atoms with Crippen LogP contribution in [0.2, 0.25) is 5.02 Å². The quantitative estimate of drug-likeness (QED) is 0.0498. The molecule has 4 aliphatic rings. The zero-order valence-corrected chi connectivity index (χ0v) is 49.2. The second kappa shape index (κ2) is 23.4. The minimum atomic E-state index is -2.53. The highest BCUT2D eigenvalue weighted by Crippen LogP contribution is 2.64. The van der Waals surface area contributed by atoms with Crippen LogP contribution >= 0.6 is 11.6 Å². The van der Waals surface area contributed by atoms with Gasteiger partial charge in [0.2, 0.25) is 6.10 Å². The van der Waals surface area contributed by atoms with Gasteiger partial charge in [0.05, 0.1) is 48.7 Å². The van der Waals surface area contributed by atoms with Crippen LogP contribution in [0, 0.1) is 23.7 Å². The average molecular weight is 1190 g/mol. The van der Waals surface area contributed by atoms with E-state index in [1.54, 1.807) is 142 Å². The van der Waals surface area contributed by atoms with E-state index in [9.17, 15) is 34.2 Å². The number of halogens is 1. The van der Waals surface area contributed by atoms with E-state index < -0.39 is 131 Å². The van der Waals surface area contributed by atoms with Gasteiger partial charge in [-0.3, -0.25) is 33.3 Å². The predicted molar refractivity (Wildman–Crippen MR) is 310 cm³/mol. The molecule has 1 amide bonds. The lowest BCUT2D eigenvalue weighted by molar-refractivity contribution is -0.346. The van der Waals surface area contributed by atoms with Gasteiger partial charge in [0, 0.05) is 59.3 Å². The maximum Gasteiger partial charge on any atom is 0.350 e. The first-order chi connectivity index (χ1) is 40.9. The van der Waals surface area contributed by atoms with E-state index in [1.165, 1.54) is 37.7 Å². The van der Waals surface area contributed by atoms with Crippen LogP contribution < -0.4 is 10.1 Å². The Morgan fingerprint density at radius 1 is 0.791 bits per heavy atom. The SMILES string of the molecule is COc1ccc2c(c1)c(CC(=O)O[C@@H](C(=O)O[C@H]1C[C@@]3(O)[C@@H](OC(=O)c4ccccc4)[C@H]4C(C)(C(=O)[C@H](OC(C)=O)C(=C1C)C3(C)C)[C@@H](O)C[C@H]1OC[C@]14OC(C)=O)[C@@H](NC(=O)c1ccccc1)c1ccccc1)c(C)n2C(=O)c1ccc(Cl)cc1. The Morgan fingerprint density at radius 2 is 1.42 bits per heavy atom. The van der Waals surface area contributed by atoms with Crippen LogP contribution in [0.5, 0.6) is 5.75 Å². The van der Waals surface area contributed by atoms with E-state index in [4.69, 9.17) is 44.8 Å². The number of aromatic nitrogens is 1. The molecule has 10 rings (SSSR count). The highest BCUT2D eigenvalue weighted by molar-refractivity contribution is 6.30. The third kappa shape index (κ3) is 10.5. The molecule has 1 aliphatic heterocycles. The number of aliphatic hydroxyl groups excluding tert-OH is 1. The number of Topliss-reactive ketones (excluding diaryl/α,β-unsaturated/α-hetero) is 1. The highest BCUT2D eigenvalue weighted by Gasteiger charge is 2.78. The zero-order chi connectivity index (χ0) is 61.8. The number of esters is 5. The van der Waals surface area contributed by atoms with Crippen molar-refractivity contribution in [1.82, 2.24) is 9.88 Å². The van der Waals surface area contributed by atoms with Crippen molar-refractivity contribution in [1.29, 1.82) is 0 Å². The van der Waals surface area contributed by atoms with Gasteiger partial charge in [0.15, 0.2) is 17.5 Å². The minimum Gasteiger partial charge on any atom is -0.497 e. The van der Waals surface area contributed by atoms with Crippen LogP contribution in [0.25, 0.3) is 10.9 Å². The molecule has 2 bridgehead atoms. The molecule has 11 atom stereocenters. The summed E-state index contributed by atoms with van der Waals surface area (Å²) in [5, 5.41) is 30.3. The molecule has 1 unspecified atom stereocenters. The van der Waals surface area contributed by atoms with Crippen molar-refractivity contribution in [2.45, 2.75) is 122 Å². The number of ketones is 1. The summed E-state index contributed by atoms with van der Waals surface area (Å²) in [6.45, 7) is 9.45. The maximum absolute atomic E-state index is 16.0. The Kier molecular flexibility index (Phi) is 16.5. The molecule has 3 aliphatic carbocycles. The van der Waals surface area contributed by atoms with Gasteiger partial charge >= 0.3 is 29.8 Å². The van der Waals surface area contributed by atoms with E-state index >= 15 is 14.4 Å². The van der Waals surface area contributed by atoms with Gasteiger partial charge in [-0.2, -0.15) is 0 Å². The number of hydrogen-bond acceptors (Lipinski definition) is 17. The Morgan fingerprint density at radius 3 is 2.01 bits per heavy atom. The summed E-state index contributed by atoms with van der Waals surface area (Å²) in [5.74, 6) is -8.35. The molecule has 3 fully saturated rings. The third-order valence-corrected chi connectivity index (χ3v) is 18.1. The monoisotopic (exact) mass is 1190 g/mol. The van der Waals surface area contributed by atoms with Crippen LogP contribution in [-0.4, -0.2) is 124 Å². The maximum atomic E-state index is 16.0. The number of nitrogens with one attached hydrogen (secondary N) is 1. The van der Waals surface area contributed by atoms with Gasteiger partial charge in [0.1, 0.15) is 35.7 Å². The molecule has 20 heteroatoms. The first-order valence-electron chi connectivity index (χ1n) is 28.1. The fourth-order valence-corrected chi connectivity index (χ4v) is 13.5. The van der Waals surface area contributed by atoms with E-state index in [2.05, 4.69) is 5.32 Å².